The molecule has 0 aliphatic heterocycles. The lowest BCUT2D eigenvalue weighted by Crippen LogP contribution is -2.26. The van der Waals surface area contributed by atoms with E-state index in [0.717, 1.165) is 0 Å². The molecule has 96 valence electrons. The van der Waals surface area contributed by atoms with Crippen LogP contribution in [0.5, 0.6) is 0 Å². The lowest BCUT2D eigenvalue weighted by atomic mass is 10.3. The number of halogens is 1. The van der Waals surface area contributed by atoms with E-state index in [2.05, 4.69) is 4.72 Å². The fourth-order valence-corrected chi connectivity index (χ4v) is 3.05. The zero-order chi connectivity index (χ0) is 12.9. The summed E-state index contributed by atoms with van der Waals surface area (Å²) in [4.78, 5) is -0.0703. The molecule has 0 unspecified atom stereocenters. The molecule has 5 nitrogen and oxygen atoms in total. The molecule has 0 fully saturated rings. The number of anilines is 1. The van der Waals surface area contributed by atoms with E-state index in [0.29, 0.717) is 13.0 Å². The summed E-state index contributed by atoms with van der Waals surface area (Å²) in [5, 5.41) is 0.115. The molecule has 1 aromatic rings. The standard InChI is InChI=1S/C10H15ClN2O3S/c1-16-7-3-6-13-17(14,15)10-8(11)4-2-5-9(10)12/h2,4-5,13H,3,6-7,12H2,1H3. The molecule has 7 heteroatoms. The van der Waals surface area contributed by atoms with Gasteiger partial charge in [0.05, 0.1) is 10.7 Å². The van der Waals surface area contributed by atoms with Gasteiger partial charge in [-0.05, 0) is 18.6 Å². The van der Waals surface area contributed by atoms with Crippen LogP contribution in [-0.2, 0) is 14.8 Å². The topological polar surface area (TPSA) is 81.4 Å². The molecule has 17 heavy (non-hydrogen) atoms. The quantitative estimate of drug-likeness (QED) is 0.606. The molecule has 0 spiro atoms. The summed E-state index contributed by atoms with van der Waals surface area (Å²) < 4.78 is 31.1. The number of benzene rings is 1. The van der Waals surface area contributed by atoms with Crippen molar-refractivity contribution in [1.82, 2.24) is 4.72 Å². The summed E-state index contributed by atoms with van der Waals surface area (Å²) in [6.45, 7) is 0.765. The summed E-state index contributed by atoms with van der Waals surface area (Å²) in [6, 6.07) is 4.58. The predicted molar refractivity (Wildman–Crippen MR) is 67.5 cm³/mol. The van der Waals surface area contributed by atoms with Crippen LogP contribution in [0.1, 0.15) is 6.42 Å². The first-order valence-electron chi connectivity index (χ1n) is 5.01. The summed E-state index contributed by atoms with van der Waals surface area (Å²) >= 11 is 5.83. The van der Waals surface area contributed by atoms with Gasteiger partial charge in [-0.3, -0.25) is 0 Å². The van der Waals surface area contributed by atoms with Gasteiger partial charge in [0.1, 0.15) is 4.90 Å². The number of rotatable bonds is 6. The lowest BCUT2D eigenvalue weighted by Gasteiger charge is -2.10. The normalized spacial score (nSPS) is 11.6. The van der Waals surface area contributed by atoms with Crippen molar-refractivity contribution in [3.05, 3.63) is 23.2 Å². The molecule has 0 atom stereocenters. The van der Waals surface area contributed by atoms with E-state index in [9.17, 15) is 8.42 Å². The molecule has 0 aliphatic rings. The molecule has 0 amide bonds. The van der Waals surface area contributed by atoms with Crippen LogP contribution in [0.4, 0.5) is 5.69 Å². The number of nitrogens with one attached hydrogen (secondary N) is 1. The number of nitrogens with two attached hydrogens (primary N) is 1. The highest BCUT2D eigenvalue weighted by Gasteiger charge is 2.20. The number of hydrogen-bond acceptors (Lipinski definition) is 4. The highest BCUT2D eigenvalue weighted by molar-refractivity contribution is 7.89. The summed E-state index contributed by atoms with van der Waals surface area (Å²) in [5.41, 5.74) is 5.75. The van der Waals surface area contributed by atoms with Crippen LogP contribution in [-0.4, -0.2) is 28.7 Å². The van der Waals surface area contributed by atoms with Crippen LogP contribution in [0.25, 0.3) is 0 Å². The highest BCUT2D eigenvalue weighted by Crippen LogP contribution is 2.26. The molecule has 0 saturated carbocycles. The van der Waals surface area contributed by atoms with Gasteiger partial charge >= 0.3 is 0 Å². The van der Waals surface area contributed by atoms with Crippen molar-refractivity contribution in [2.75, 3.05) is 26.0 Å². The van der Waals surface area contributed by atoms with Gasteiger partial charge in [0.2, 0.25) is 10.0 Å². The Morgan fingerprint density at radius 1 is 1.47 bits per heavy atom. The summed E-state index contributed by atoms with van der Waals surface area (Å²) in [7, 11) is -2.11. The molecule has 0 heterocycles. The van der Waals surface area contributed by atoms with E-state index < -0.39 is 10.0 Å². The van der Waals surface area contributed by atoms with Crippen LogP contribution in [0.2, 0.25) is 5.02 Å². The predicted octanol–water partition coefficient (Wildman–Crippen LogP) is 1.24. The molecule has 3 N–H and O–H groups in total. The summed E-state index contributed by atoms with van der Waals surface area (Å²) in [6.07, 6.45) is 0.583. The third kappa shape index (κ3) is 3.85. The van der Waals surface area contributed by atoms with Crippen LogP contribution >= 0.6 is 11.6 Å². The van der Waals surface area contributed by atoms with E-state index in [1.54, 1.807) is 13.2 Å². The van der Waals surface area contributed by atoms with Gasteiger partial charge in [-0.15, -0.1) is 0 Å². The molecule has 1 rings (SSSR count). The Morgan fingerprint density at radius 3 is 2.76 bits per heavy atom. The molecular weight excluding hydrogens is 264 g/mol. The Balaban J connectivity index is 2.83. The van der Waals surface area contributed by atoms with Crippen molar-refractivity contribution in [1.29, 1.82) is 0 Å². The third-order valence-electron chi connectivity index (χ3n) is 2.08. The molecular formula is C10H15ClN2O3S. The number of ether oxygens (including phenoxy) is 1. The second-order valence-corrected chi connectivity index (χ2v) is 5.51. The highest BCUT2D eigenvalue weighted by atomic mass is 35.5. The monoisotopic (exact) mass is 278 g/mol. The van der Waals surface area contributed by atoms with Crippen molar-refractivity contribution in [2.24, 2.45) is 0 Å². The maximum absolute atomic E-state index is 11.9. The van der Waals surface area contributed by atoms with Crippen molar-refractivity contribution in [2.45, 2.75) is 11.3 Å². The fraction of sp³-hybridized carbons (Fsp3) is 0.400. The van der Waals surface area contributed by atoms with E-state index >= 15 is 0 Å². The van der Waals surface area contributed by atoms with E-state index in [1.165, 1.54) is 12.1 Å². The van der Waals surface area contributed by atoms with E-state index in [-0.39, 0.29) is 22.2 Å². The van der Waals surface area contributed by atoms with E-state index in [1.807, 2.05) is 0 Å². The summed E-state index contributed by atoms with van der Waals surface area (Å²) in [5.74, 6) is 0. The van der Waals surface area contributed by atoms with Crippen LogP contribution in [0.3, 0.4) is 0 Å². The molecule has 0 aromatic heterocycles. The minimum Gasteiger partial charge on any atom is -0.398 e. The lowest BCUT2D eigenvalue weighted by molar-refractivity contribution is 0.196. The maximum Gasteiger partial charge on any atom is 0.244 e. The number of sulfonamides is 1. The minimum atomic E-state index is -3.66. The average Bonchev–Trinajstić information content (AvgIpc) is 2.24. The Hall–Kier alpha value is -0.820. The smallest absolute Gasteiger partial charge is 0.244 e. The Bertz CT molecular complexity index is 456. The van der Waals surface area contributed by atoms with Gasteiger partial charge in [0.25, 0.3) is 0 Å². The Kier molecular flexibility index (Phi) is 5.20. The Labute approximate surface area is 106 Å². The first kappa shape index (κ1) is 14.2. The average molecular weight is 279 g/mol. The fourth-order valence-electron chi connectivity index (χ4n) is 1.30. The van der Waals surface area contributed by atoms with Gasteiger partial charge in [0.15, 0.2) is 0 Å². The molecule has 0 bridgehead atoms. The van der Waals surface area contributed by atoms with Gasteiger partial charge in [0, 0.05) is 20.3 Å². The third-order valence-corrected chi connectivity index (χ3v) is 4.09. The largest absolute Gasteiger partial charge is 0.398 e. The SMILES string of the molecule is COCCCNS(=O)(=O)c1c(N)cccc1Cl. The van der Waals surface area contributed by atoms with Gasteiger partial charge in [-0.2, -0.15) is 0 Å². The first-order chi connectivity index (χ1) is 7.99. The maximum atomic E-state index is 11.9. The zero-order valence-corrected chi connectivity index (χ0v) is 11.0. The van der Waals surface area contributed by atoms with Gasteiger partial charge in [-0.25, -0.2) is 13.1 Å². The second-order valence-electron chi connectivity index (χ2n) is 3.40. The van der Waals surface area contributed by atoms with Crippen molar-refractivity contribution >= 4 is 27.3 Å². The second kappa shape index (κ2) is 6.20. The van der Waals surface area contributed by atoms with Gasteiger partial charge < -0.3 is 10.5 Å². The number of methoxy groups -OCH3 is 1. The van der Waals surface area contributed by atoms with Crippen molar-refractivity contribution < 1.29 is 13.2 Å². The van der Waals surface area contributed by atoms with Crippen LogP contribution in [0, 0.1) is 0 Å². The molecule has 0 radical (unpaired) electrons. The van der Waals surface area contributed by atoms with Crippen molar-refractivity contribution in [3.63, 3.8) is 0 Å². The first-order valence-corrected chi connectivity index (χ1v) is 6.87. The van der Waals surface area contributed by atoms with Crippen molar-refractivity contribution in [3.8, 4) is 0 Å². The molecule has 0 saturated heterocycles. The number of nitrogen functional groups attached to an aromatic ring is 1. The van der Waals surface area contributed by atoms with Crippen LogP contribution in [0.15, 0.2) is 23.1 Å². The zero-order valence-electron chi connectivity index (χ0n) is 9.44. The van der Waals surface area contributed by atoms with E-state index in [4.69, 9.17) is 22.1 Å². The minimum absolute atomic E-state index is 0.0703. The Morgan fingerprint density at radius 2 is 2.18 bits per heavy atom. The number of hydrogen-bond donors (Lipinski definition) is 2. The van der Waals surface area contributed by atoms with Gasteiger partial charge in [-0.1, -0.05) is 17.7 Å². The molecule has 0 aliphatic carbocycles. The molecule has 1 aromatic carbocycles. The van der Waals surface area contributed by atoms with Crippen LogP contribution < -0.4 is 10.5 Å².